The first-order valence-electron chi connectivity index (χ1n) is 8.83. The van der Waals surface area contributed by atoms with Crippen molar-refractivity contribution in [2.24, 2.45) is 0 Å². The topological polar surface area (TPSA) is 78.3 Å². The number of hydrogen-bond donors (Lipinski definition) is 1. The normalized spacial score (nSPS) is 10.8. The number of hydrogen-bond acceptors (Lipinski definition) is 5. The van der Waals surface area contributed by atoms with Gasteiger partial charge in [-0.2, -0.15) is 0 Å². The van der Waals surface area contributed by atoms with Crippen LogP contribution < -0.4 is 14.8 Å². The third-order valence-electron chi connectivity index (χ3n) is 3.97. The Hall–Kier alpha value is -3.61. The highest BCUT2D eigenvalue weighted by Gasteiger charge is 2.08. The molecule has 1 N–H and O–H groups in total. The molecule has 2 heterocycles. The number of benzene rings is 1. The van der Waals surface area contributed by atoms with Gasteiger partial charge in [0.2, 0.25) is 0 Å². The maximum absolute atomic E-state index is 12.1. The van der Waals surface area contributed by atoms with E-state index >= 15 is 0 Å². The SMILES string of the molecule is C/C=C/c1ccc(OCC(=O)NCc2ccc(-n3ccnc3)nc2)c(OC)c1. The lowest BCUT2D eigenvalue weighted by Gasteiger charge is -2.11. The van der Waals surface area contributed by atoms with E-state index in [1.54, 1.807) is 31.9 Å². The molecule has 0 saturated carbocycles. The first-order chi connectivity index (χ1) is 13.7. The Morgan fingerprint density at radius 2 is 2.14 bits per heavy atom. The second-order valence-electron chi connectivity index (χ2n) is 5.97. The molecule has 0 aliphatic carbocycles. The van der Waals surface area contributed by atoms with Gasteiger partial charge in [-0.25, -0.2) is 9.97 Å². The van der Waals surface area contributed by atoms with Gasteiger partial charge in [0, 0.05) is 25.1 Å². The van der Waals surface area contributed by atoms with Gasteiger partial charge in [0.25, 0.3) is 5.91 Å². The number of imidazole rings is 1. The molecule has 0 atom stereocenters. The minimum atomic E-state index is -0.224. The van der Waals surface area contributed by atoms with Gasteiger partial charge in [-0.1, -0.05) is 24.3 Å². The zero-order valence-corrected chi connectivity index (χ0v) is 15.8. The second-order valence-corrected chi connectivity index (χ2v) is 5.97. The molecule has 7 heteroatoms. The van der Waals surface area contributed by atoms with E-state index in [-0.39, 0.29) is 12.5 Å². The molecule has 1 amide bonds. The summed E-state index contributed by atoms with van der Waals surface area (Å²) in [5.74, 6) is 1.66. The minimum absolute atomic E-state index is 0.0973. The Balaban J connectivity index is 1.51. The molecular formula is C21H22N4O3. The fourth-order valence-corrected chi connectivity index (χ4v) is 2.56. The van der Waals surface area contributed by atoms with Crippen molar-refractivity contribution in [1.29, 1.82) is 0 Å². The fourth-order valence-electron chi connectivity index (χ4n) is 2.56. The van der Waals surface area contributed by atoms with Gasteiger partial charge in [0.1, 0.15) is 12.1 Å². The Labute approximate surface area is 163 Å². The molecule has 1 aromatic carbocycles. The largest absolute Gasteiger partial charge is 0.493 e. The summed E-state index contributed by atoms with van der Waals surface area (Å²) in [6.07, 6.45) is 10.8. The molecule has 0 unspecified atom stereocenters. The predicted molar refractivity (Wildman–Crippen MR) is 106 cm³/mol. The summed E-state index contributed by atoms with van der Waals surface area (Å²) < 4.78 is 12.7. The molecular weight excluding hydrogens is 356 g/mol. The van der Waals surface area contributed by atoms with Crippen molar-refractivity contribution in [2.75, 3.05) is 13.7 Å². The van der Waals surface area contributed by atoms with Crippen LogP contribution >= 0.6 is 0 Å². The highest BCUT2D eigenvalue weighted by molar-refractivity contribution is 5.77. The zero-order valence-electron chi connectivity index (χ0n) is 15.8. The van der Waals surface area contributed by atoms with Crippen LogP contribution in [0.25, 0.3) is 11.9 Å². The summed E-state index contributed by atoms with van der Waals surface area (Å²) in [6.45, 7) is 2.22. The van der Waals surface area contributed by atoms with Crippen LogP contribution in [-0.4, -0.2) is 34.2 Å². The molecule has 3 rings (SSSR count). The average molecular weight is 378 g/mol. The smallest absolute Gasteiger partial charge is 0.258 e. The number of allylic oxidation sites excluding steroid dienone is 1. The zero-order chi connectivity index (χ0) is 19.8. The number of ether oxygens (including phenoxy) is 2. The highest BCUT2D eigenvalue weighted by Crippen LogP contribution is 2.28. The van der Waals surface area contributed by atoms with E-state index in [0.29, 0.717) is 18.0 Å². The Morgan fingerprint density at radius 1 is 1.25 bits per heavy atom. The van der Waals surface area contributed by atoms with Crippen molar-refractivity contribution in [3.63, 3.8) is 0 Å². The summed E-state index contributed by atoms with van der Waals surface area (Å²) >= 11 is 0. The van der Waals surface area contributed by atoms with Gasteiger partial charge in [-0.15, -0.1) is 0 Å². The van der Waals surface area contributed by atoms with Gasteiger partial charge >= 0.3 is 0 Å². The third kappa shape index (κ3) is 4.97. The number of carbonyl (C=O) groups is 1. The quantitative estimate of drug-likeness (QED) is 0.652. The first kappa shape index (κ1) is 19.2. The molecule has 7 nitrogen and oxygen atoms in total. The average Bonchev–Trinajstić information content (AvgIpc) is 3.26. The summed E-state index contributed by atoms with van der Waals surface area (Å²) in [7, 11) is 1.57. The fraction of sp³-hybridized carbons (Fsp3) is 0.190. The van der Waals surface area contributed by atoms with Crippen LogP contribution in [0.2, 0.25) is 0 Å². The van der Waals surface area contributed by atoms with E-state index in [1.165, 1.54) is 0 Å². The molecule has 0 fully saturated rings. The molecule has 144 valence electrons. The third-order valence-corrected chi connectivity index (χ3v) is 3.97. The molecule has 0 aliphatic rings. The van der Waals surface area contributed by atoms with Crippen LogP contribution in [-0.2, 0) is 11.3 Å². The van der Waals surface area contributed by atoms with E-state index in [0.717, 1.165) is 16.9 Å². The van der Waals surface area contributed by atoms with Crippen molar-refractivity contribution in [3.05, 3.63) is 72.5 Å². The maximum Gasteiger partial charge on any atom is 0.258 e. The molecule has 3 aromatic rings. The van der Waals surface area contributed by atoms with E-state index in [2.05, 4.69) is 15.3 Å². The summed E-state index contributed by atoms with van der Waals surface area (Å²) in [4.78, 5) is 20.4. The lowest BCUT2D eigenvalue weighted by atomic mass is 10.2. The Kier molecular flexibility index (Phi) is 6.41. The summed E-state index contributed by atoms with van der Waals surface area (Å²) in [5, 5.41) is 2.82. The lowest BCUT2D eigenvalue weighted by Crippen LogP contribution is -2.28. The number of carbonyl (C=O) groups excluding carboxylic acids is 1. The van der Waals surface area contributed by atoms with Crippen LogP contribution in [0.15, 0.2) is 61.3 Å². The lowest BCUT2D eigenvalue weighted by molar-refractivity contribution is -0.123. The molecule has 2 aromatic heterocycles. The van der Waals surface area contributed by atoms with E-state index < -0.39 is 0 Å². The number of nitrogens with one attached hydrogen (secondary N) is 1. The van der Waals surface area contributed by atoms with E-state index in [4.69, 9.17) is 9.47 Å². The minimum Gasteiger partial charge on any atom is -0.493 e. The second kappa shape index (κ2) is 9.36. The molecule has 0 saturated heterocycles. The number of pyridine rings is 1. The van der Waals surface area contributed by atoms with Crippen molar-refractivity contribution in [2.45, 2.75) is 13.5 Å². The molecule has 28 heavy (non-hydrogen) atoms. The van der Waals surface area contributed by atoms with Gasteiger partial charge < -0.3 is 14.8 Å². The van der Waals surface area contributed by atoms with Crippen LogP contribution in [0, 0.1) is 0 Å². The van der Waals surface area contributed by atoms with Crippen LogP contribution in [0.4, 0.5) is 0 Å². The molecule has 0 spiro atoms. The number of methoxy groups -OCH3 is 1. The maximum atomic E-state index is 12.1. The molecule has 0 bridgehead atoms. The van der Waals surface area contributed by atoms with Crippen LogP contribution in [0.1, 0.15) is 18.1 Å². The predicted octanol–water partition coefficient (Wildman–Crippen LogP) is 3.00. The van der Waals surface area contributed by atoms with Gasteiger partial charge in [-0.05, 0) is 36.2 Å². The van der Waals surface area contributed by atoms with Crippen molar-refractivity contribution in [3.8, 4) is 17.3 Å². The summed E-state index contributed by atoms with van der Waals surface area (Å²) in [6, 6.07) is 9.34. The van der Waals surface area contributed by atoms with Crippen LogP contribution in [0.5, 0.6) is 11.5 Å². The standard InChI is InChI=1S/C21H22N4O3/c1-3-4-16-5-7-18(19(11-16)27-2)28-14-21(26)24-13-17-6-8-20(23-12-17)25-10-9-22-15-25/h3-12,15H,13-14H2,1-2H3,(H,24,26)/b4-3+. The van der Waals surface area contributed by atoms with Gasteiger partial charge in [-0.3, -0.25) is 9.36 Å². The monoisotopic (exact) mass is 378 g/mol. The van der Waals surface area contributed by atoms with Crippen LogP contribution in [0.3, 0.4) is 0 Å². The molecule has 0 radical (unpaired) electrons. The number of aromatic nitrogens is 3. The van der Waals surface area contributed by atoms with Gasteiger partial charge in [0.05, 0.1) is 7.11 Å². The Morgan fingerprint density at radius 3 is 2.82 bits per heavy atom. The Bertz CT molecular complexity index is 935. The van der Waals surface area contributed by atoms with E-state index in [9.17, 15) is 4.79 Å². The van der Waals surface area contributed by atoms with Gasteiger partial charge in [0.15, 0.2) is 18.1 Å². The van der Waals surface area contributed by atoms with Crippen molar-refractivity contribution >= 4 is 12.0 Å². The first-order valence-corrected chi connectivity index (χ1v) is 8.83. The number of rotatable bonds is 8. The van der Waals surface area contributed by atoms with E-state index in [1.807, 2.05) is 54.1 Å². The summed E-state index contributed by atoms with van der Waals surface area (Å²) in [5.41, 5.74) is 1.90. The van der Waals surface area contributed by atoms with Crippen molar-refractivity contribution < 1.29 is 14.3 Å². The van der Waals surface area contributed by atoms with Crippen molar-refractivity contribution in [1.82, 2.24) is 19.9 Å². The molecule has 0 aliphatic heterocycles. The highest BCUT2D eigenvalue weighted by atomic mass is 16.5. The number of nitrogens with zero attached hydrogens (tertiary/aromatic N) is 3. The number of amides is 1.